The van der Waals surface area contributed by atoms with Gasteiger partial charge in [-0.1, -0.05) is 41.9 Å². The maximum Gasteiger partial charge on any atom is 0.408 e. The molecule has 3 aromatic rings. The molecule has 3 heterocycles. The van der Waals surface area contributed by atoms with E-state index < -0.39 is 60.5 Å². The number of amides is 1. The fraction of sp³-hybridized carbons (Fsp3) is 0.296. The van der Waals surface area contributed by atoms with Crippen LogP contribution < -0.4 is 15.2 Å². The zero-order chi connectivity index (χ0) is 28.8. The molecule has 1 amide bonds. The van der Waals surface area contributed by atoms with Crippen molar-refractivity contribution in [2.24, 2.45) is 0 Å². The molecule has 0 N–H and O–H groups in total. The lowest BCUT2D eigenvalue weighted by Gasteiger charge is -2.46. The minimum atomic E-state index is -4.75. The van der Waals surface area contributed by atoms with Crippen molar-refractivity contribution in [2.75, 3.05) is 18.5 Å². The smallest absolute Gasteiger partial charge is 0.408 e. The highest BCUT2D eigenvalue weighted by atomic mass is 35.5. The Morgan fingerprint density at radius 1 is 1.12 bits per heavy atom. The number of thioether (sulfide) groups is 1. The van der Waals surface area contributed by atoms with Gasteiger partial charge in [0.05, 0.1) is 6.04 Å². The van der Waals surface area contributed by atoms with Gasteiger partial charge in [-0.05, 0) is 35.7 Å². The van der Waals surface area contributed by atoms with E-state index in [0.29, 0.717) is 15.7 Å². The van der Waals surface area contributed by atoms with E-state index in [1.807, 2.05) is 30.3 Å². The second-order valence-corrected chi connectivity index (χ2v) is 10.6. The Morgan fingerprint density at radius 2 is 1.85 bits per heavy atom. The van der Waals surface area contributed by atoms with E-state index >= 15 is 0 Å². The fourth-order valence-electron chi connectivity index (χ4n) is 4.80. The van der Waals surface area contributed by atoms with E-state index in [2.05, 4.69) is 0 Å². The van der Waals surface area contributed by atoms with Crippen molar-refractivity contribution in [2.45, 2.75) is 42.8 Å². The summed E-state index contributed by atoms with van der Waals surface area (Å²) < 4.78 is 53.6. The number of ether oxygens (including phenoxy) is 2. The maximum atomic E-state index is 14.0. The third-order valence-corrected chi connectivity index (χ3v) is 8.28. The topological polar surface area (TPSA) is 81.1 Å². The minimum Gasteiger partial charge on any atom is -0.451 e. The summed E-state index contributed by atoms with van der Waals surface area (Å²) in [6.45, 7) is 0.841. The molecule has 0 aliphatic carbocycles. The van der Waals surface area contributed by atoms with Crippen LogP contribution in [0.15, 0.2) is 64.4 Å². The maximum absolute atomic E-state index is 14.0. The van der Waals surface area contributed by atoms with Crippen LogP contribution in [0.5, 0.6) is 5.75 Å². The van der Waals surface area contributed by atoms with Crippen molar-refractivity contribution in [1.82, 2.24) is 9.58 Å². The Hall–Kier alpha value is -3.64. The van der Waals surface area contributed by atoms with Crippen LogP contribution in [0.3, 0.4) is 0 Å². The van der Waals surface area contributed by atoms with Crippen LogP contribution in [0.4, 0.5) is 13.2 Å². The van der Waals surface area contributed by atoms with Crippen molar-refractivity contribution < 1.29 is 32.2 Å². The van der Waals surface area contributed by atoms with Crippen molar-refractivity contribution in [3.05, 3.63) is 92.4 Å². The van der Waals surface area contributed by atoms with Crippen molar-refractivity contribution >= 4 is 35.2 Å². The molecular formula is C27H23ClF3N3O5S. The van der Waals surface area contributed by atoms with Gasteiger partial charge in [0.25, 0.3) is 5.91 Å². The van der Waals surface area contributed by atoms with Gasteiger partial charge in [-0.3, -0.25) is 24.1 Å². The Labute approximate surface area is 236 Å². The summed E-state index contributed by atoms with van der Waals surface area (Å²) in [7, 11) is 0. The highest BCUT2D eigenvalue weighted by Crippen LogP contribution is 2.45. The van der Waals surface area contributed by atoms with Crippen LogP contribution in [0, 0.1) is 0 Å². The molecule has 0 radical (unpaired) electrons. The van der Waals surface area contributed by atoms with Gasteiger partial charge >= 0.3 is 12.1 Å². The number of alkyl halides is 3. The molecule has 0 fully saturated rings. The lowest BCUT2D eigenvalue weighted by Crippen LogP contribution is -2.60. The van der Waals surface area contributed by atoms with E-state index in [1.165, 1.54) is 10.9 Å². The number of fused-ring (bicyclic) bond motifs is 3. The minimum absolute atomic E-state index is 0.417. The SMILES string of the molecule is CC(=O)OCOc1c2n(ccc1=O)N([C@@H]1c3ccccc3SCc3c(Cl)cccc31)CN([C@H](C)C(F)(F)F)C2=O. The number of hydrogen-bond acceptors (Lipinski definition) is 7. The summed E-state index contributed by atoms with van der Waals surface area (Å²) >= 11 is 8.14. The van der Waals surface area contributed by atoms with E-state index in [0.717, 1.165) is 41.5 Å². The third-order valence-electron chi connectivity index (χ3n) is 6.81. The van der Waals surface area contributed by atoms with Gasteiger partial charge in [0.15, 0.2) is 5.69 Å². The van der Waals surface area contributed by atoms with Crippen molar-refractivity contribution in [1.29, 1.82) is 0 Å². The quantitative estimate of drug-likeness (QED) is 0.301. The van der Waals surface area contributed by atoms with Crippen molar-refractivity contribution in [3.63, 3.8) is 0 Å². The zero-order valence-corrected chi connectivity index (χ0v) is 22.8. The van der Waals surface area contributed by atoms with Gasteiger partial charge in [-0.15, -0.1) is 11.8 Å². The molecule has 0 spiro atoms. The monoisotopic (exact) mass is 593 g/mol. The summed E-state index contributed by atoms with van der Waals surface area (Å²) in [6.07, 6.45) is -3.43. The van der Waals surface area contributed by atoms with E-state index in [4.69, 9.17) is 21.1 Å². The molecule has 40 heavy (non-hydrogen) atoms. The van der Waals surface area contributed by atoms with Gasteiger partial charge in [0.2, 0.25) is 18.0 Å². The number of carbonyl (C=O) groups excluding carboxylic acids is 2. The van der Waals surface area contributed by atoms with E-state index in [9.17, 15) is 27.6 Å². The van der Waals surface area contributed by atoms with Crippen LogP contribution in [0.2, 0.25) is 5.02 Å². The molecule has 0 saturated carbocycles. The van der Waals surface area contributed by atoms with Crippen LogP contribution in [0.25, 0.3) is 0 Å². The largest absolute Gasteiger partial charge is 0.451 e. The highest BCUT2D eigenvalue weighted by molar-refractivity contribution is 7.98. The average molecular weight is 594 g/mol. The summed E-state index contributed by atoms with van der Waals surface area (Å²) in [5.74, 6) is -1.77. The first-order valence-electron chi connectivity index (χ1n) is 12.1. The standard InChI is InChI=1S/C27H23ClF3N3O5S/c1-15(27(29,30)31)32-13-34(33-11-10-21(36)25(24(33)26(32)37)39-14-38-16(2)35)23-17-7-5-8-20(28)19(17)12-40-22-9-4-3-6-18(22)23/h3-11,15,23H,12-14H2,1-2H3/t15-,23+/m1/s1. The molecule has 2 atom stereocenters. The Kier molecular flexibility index (Phi) is 7.49. The van der Waals surface area contributed by atoms with Crippen LogP contribution in [0.1, 0.15) is 47.1 Å². The highest BCUT2D eigenvalue weighted by Gasteiger charge is 2.48. The molecule has 2 aliphatic heterocycles. The molecule has 0 bridgehead atoms. The molecule has 0 saturated heterocycles. The molecular weight excluding hydrogens is 571 g/mol. The Balaban J connectivity index is 1.76. The normalized spacial score (nSPS) is 17.4. The van der Waals surface area contributed by atoms with Gasteiger partial charge in [-0.2, -0.15) is 13.2 Å². The zero-order valence-electron chi connectivity index (χ0n) is 21.3. The lowest BCUT2D eigenvalue weighted by atomic mass is 9.94. The van der Waals surface area contributed by atoms with Gasteiger partial charge < -0.3 is 14.4 Å². The van der Waals surface area contributed by atoms with Gasteiger partial charge in [-0.25, -0.2) is 0 Å². The Bertz CT molecular complexity index is 1550. The molecule has 2 aromatic carbocycles. The Morgan fingerprint density at radius 3 is 2.58 bits per heavy atom. The third kappa shape index (κ3) is 5.01. The first kappa shape index (κ1) is 27.9. The molecule has 2 aliphatic rings. The number of benzene rings is 2. The summed E-state index contributed by atoms with van der Waals surface area (Å²) in [5.41, 5.74) is 1.16. The van der Waals surface area contributed by atoms with E-state index in [-0.39, 0.29) is 0 Å². The van der Waals surface area contributed by atoms with Crippen LogP contribution >= 0.6 is 23.4 Å². The lowest BCUT2D eigenvalue weighted by molar-refractivity contribution is -0.173. The van der Waals surface area contributed by atoms with Crippen LogP contribution in [-0.2, 0) is 15.3 Å². The fourth-order valence-corrected chi connectivity index (χ4v) is 6.27. The summed E-state index contributed by atoms with van der Waals surface area (Å²) in [6, 6.07) is 11.1. The van der Waals surface area contributed by atoms with Gasteiger partial charge in [0, 0.05) is 34.9 Å². The number of pyridine rings is 1. The van der Waals surface area contributed by atoms with Crippen LogP contribution in [-0.4, -0.2) is 47.1 Å². The number of aromatic nitrogens is 1. The van der Waals surface area contributed by atoms with Gasteiger partial charge in [0.1, 0.15) is 12.7 Å². The number of halogens is 4. The molecule has 0 unspecified atom stereocenters. The number of hydrogen-bond donors (Lipinski definition) is 0. The number of rotatable bonds is 5. The first-order valence-corrected chi connectivity index (χ1v) is 13.5. The molecule has 8 nitrogen and oxygen atoms in total. The first-order chi connectivity index (χ1) is 19.0. The predicted octanol–water partition coefficient (Wildman–Crippen LogP) is 5.10. The summed E-state index contributed by atoms with van der Waals surface area (Å²) in [5, 5.41) is 2.08. The second-order valence-electron chi connectivity index (χ2n) is 9.21. The molecule has 1 aromatic heterocycles. The van der Waals surface area contributed by atoms with E-state index in [1.54, 1.807) is 28.9 Å². The predicted molar refractivity (Wildman–Crippen MR) is 142 cm³/mol. The molecule has 13 heteroatoms. The molecule has 5 rings (SSSR count). The average Bonchev–Trinajstić information content (AvgIpc) is 3.07. The number of esters is 1. The number of carbonyl (C=O) groups is 2. The number of nitrogens with zero attached hydrogens (tertiary/aromatic N) is 3. The summed E-state index contributed by atoms with van der Waals surface area (Å²) in [4.78, 5) is 39.3. The molecule has 210 valence electrons. The second kappa shape index (κ2) is 10.7. The van der Waals surface area contributed by atoms with Crippen molar-refractivity contribution in [3.8, 4) is 5.75 Å².